The van der Waals surface area contributed by atoms with E-state index < -0.39 is 35.6 Å². The second-order valence-corrected chi connectivity index (χ2v) is 7.80. The summed E-state index contributed by atoms with van der Waals surface area (Å²) in [6, 6.07) is 14.5. The van der Waals surface area contributed by atoms with Crippen LogP contribution >= 0.6 is 0 Å². The monoisotopic (exact) mass is 450 g/mol. The number of nitrogens with zero attached hydrogens (tertiary/aromatic N) is 2. The molecule has 32 heavy (non-hydrogen) atoms. The second kappa shape index (κ2) is 8.48. The van der Waals surface area contributed by atoms with Crippen LogP contribution in [0.25, 0.3) is 0 Å². The number of anilines is 1. The maximum Gasteiger partial charge on any atom is 0.416 e. The van der Waals surface area contributed by atoms with Crippen LogP contribution in [-0.2, 0) is 12.4 Å². The van der Waals surface area contributed by atoms with Crippen LogP contribution in [0.1, 0.15) is 53.6 Å². The molecule has 0 N–H and O–H groups in total. The summed E-state index contributed by atoms with van der Waals surface area (Å²) in [5.74, 6) is 0.511. The summed E-state index contributed by atoms with van der Waals surface area (Å²) in [7, 11) is 0. The second-order valence-electron chi connectivity index (χ2n) is 7.80. The number of alkyl halides is 6. The zero-order chi connectivity index (χ0) is 22.9. The van der Waals surface area contributed by atoms with E-state index in [1.54, 1.807) is 36.5 Å². The summed E-state index contributed by atoms with van der Waals surface area (Å²) in [6.07, 6.45) is -5.62. The molecule has 1 aliphatic rings. The van der Waals surface area contributed by atoms with E-state index in [-0.39, 0.29) is 0 Å². The van der Waals surface area contributed by atoms with Crippen LogP contribution in [0.15, 0.2) is 72.9 Å². The molecule has 1 saturated heterocycles. The molecule has 0 aliphatic carbocycles. The zero-order valence-electron chi connectivity index (χ0n) is 16.9. The van der Waals surface area contributed by atoms with Crippen molar-refractivity contribution in [2.75, 3.05) is 4.90 Å². The van der Waals surface area contributed by atoms with Crippen molar-refractivity contribution in [1.82, 2.24) is 4.98 Å². The van der Waals surface area contributed by atoms with Crippen LogP contribution in [0, 0.1) is 0 Å². The van der Waals surface area contributed by atoms with Gasteiger partial charge in [-0.1, -0.05) is 30.3 Å². The molecule has 0 saturated carbocycles. The molecule has 2 heterocycles. The van der Waals surface area contributed by atoms with Crippen LogP contribution in [-0.4, -0.2) is 4.98 Å². The maximum absolute atomic E-state index is 13.3. The van der Waals surface area contributed by atoms with Gasteiger partial charge in [-0.2, -0.15) is 26.3 Å². The summed E-state index contributed by atoms with van der Waals surface area (Å²) in [4.78, 5) is 6.23. The van der Waals surface area contributed by atoms with E-state index in [1.807, 2.05) is 4.90 Å². The molecule has 1 aliphatic heterocycles. The molecule has 1 aromatic heterocycles. The van der Waals surface area contributed by atoms with Crippen molar-refractivity contribution in [2.45, 2.75) is 43.7 Å². The Morgan fingerprint density at radius 3 is 1.66 bits per heavy atom. The Labute approximate surface area is 181 Å². The summed E-state index contributed by atoms with van der Waals surface area (Å²) in [6.45, 7) is 0. The number of halogens is 6. The Balaban J connectivity index is 1.80. The predicted molar refractivity (Wildman–Crippen MR) is 109 cm³/mol. The highest BCUT2D eigenvalue weighted by molar-refractivity contribution is 5.48. The van der Waals surface area contributed by atoms with Gasteiger partial charge in [0, 0.05) is 6.20 Å². The van der Waals surface area contributed by atoms with E-state index in [2.05, 4.69) is 4.98 Å². The summed E-state index contributed by atoms with van der Waals surface area (Å²) < 4.78 is 79.9. The largest absolute Gasteiger partial charge is 0.416 e. The van der Waals surface area contributed by atoms with Crippen molar-refractivity contribution in [3.05, 3.63) is 95.2 Å². The van der Waals surface area contributed by atoms with E-state index in [4.69, 9.17) is 0 Å². The minimum absolute atomic E-state index is 0.458. The molecular weight excluding hydrogens is 430 g/mol. The number of aromatic nitrogens is 1. The Bertz CT molecular complexity index is 996. The van der Waals surface area contributed by atoms with Gasteiger partial charge in [-0.25, -0.2) is 4.98 Å². The van der Waals surface area contributed by atoms with Gasteiger partial charge < -0.3 is 4.90 Å². The van der Waals surface area contributed by atoms with E-state index >= 15 is 0 Å². The van der Waals surface area contributed by atoms with E-state index in [9.17, 15) is 26.3 Å². The lowest BCUT2D eigenvalue weighted by molar-refractivity contribution is -0.138. The van der Waals surface area contributed by atoms with Crippen molar-refractivity contribution in [3.8, 4) is 0 Å². The van der Waals surface area contributed by atoms with Crippen molar-refractivity contribution in [3.63, 3.8) is 0 Å². The molecule has 8 heteroatoms. The smallest absolute Gasteiger partial charge is 0.343 e. The van der Waals surface area contributed by atoms with Crippen LogP contribution in [0.3, 0.4) is 0 Å². The third-order valence-corrected chi connectivity index (χ3v) is 5.74. The minimum atomic E-state index is -4.49. The molecule has 1 fully saturated rings. The first-order chi connectivity index (χ1) is 15.1. The third kappa shape index (κ3) is 4.59. The highest BCUT2D eigenvalue weighted by atomic mass is 19.4. The number of hydrogen-bond acceptors (Lipinski definition) is 2. The van der Waals surface area contributed by atoms with Crippen molar-refractivity contribution < 1.29 is 26.3 Å². The first-order valence-electron chi connectivity index (χ1n) is 10.2. The molecule has 2 atom stereocenters. The van der Waals surface area contributed by atoms with E-state index in [1.165, 1.54) is 12.1 Å². The molecule has 0 bridgehead atoms. The van der Waals surface area contributed by atoms with E-state index in [0.29, 0.717) is 36.2 Å². The topological polar surface area (TPSA) is 16.1 Å². The van der Waals surface area contributed by atoms with Gasteiger partial charge in [0.25, 0.3) is 0 Å². The van der Waals surface area contributed by atoms with E-state index in [0.717, 1.165) is 24.3 Å². The number of benzene rings is 2. The van der Waals surface area contributed by atoms with Crippen LogP contribution in [0.5, 0.6) is 0 Å². The summed E-state index contributed by atoms with van der Waals surface area (Å²) in [5.41, 5.74) is -0.585. The Hall–Kier alpha value is -3.03. The SMILES string of the molecule is FC(F)(F)c1cccc(C2CCCC(c3cccc(C(F)(F)F)c3)N2c2ccccn2)c1. The molecule has 168 valence electrons. The lowest BCUT2D eigenvalue weighted by Crippen LogP contribution is -2.37. The van der Waals surface area contributed by atoms with Gasteiger partial charge in [0.2, 0.25) is 0 Å². The minimum Gasteiger partial charge on any atom is -0.343 e. The van der Waals surface area contributed by atoms with Gasteiger partial charge in [-0.3, -0.25) is 0 Å². The van der Waals surface area contributed by atoms with Crippen molar-refractivity contribution >= 4 is 5.82 Å². The van der Waals surface area contributed by atoms with Gasteiger partial charge in [0.05, 0.1) is 23.2 Å². The predicted octanol–water partition coefficient (Wildman–Crippen LogP) is 7.59. The first kappa shape index (κ1) is 22.2. The molecule has 2 nitrogen and oxygen atoms in total. The van der Waals surface area contributed by atoms with Crippen molar-refractivity contribution in [2.24, 2.45) is 0 Å². The average Bonchev–Trinajstić information content (AvgIpc) is 2.78. The highest BCUT2D eigenvalue weighted by Gasteiger charge is 2.37. The normalized spacial score (nSPS) is 19.8. The zero-order valence-corrected chi connectivity index (χ0v) is 16.9. The van der Waals surface area contributed by atoms with Gasteiger partial charge in [-0.05, 0) is 66.8 Å². The van der Waals surface area contributed by atoms with Gasteiger partial charge in [-0.15, -0.1) is 0 Å². The number of pyridine rings is 1. The maximum atomic E-state index is 13.3. The van der Waals surface area contributed by atoms with Crippen molar-refractivity contribution in [1.29, 1.82) is 0 Å². The van der Waals surface area contributed by atoms with Crippen LogP contribution in [0.4, 0.5) is 32.2 Å². The lowest BCUT2D eigenvalue weighted by atomic mass is 9.86. The molecule has 0 spiro atoms. The standard InChI is InChI=1S/C24H20F6N2/c25-23(26,27)18-8-3-6-16(14-18)20-10-5-11-21(32(20)22-12-1-2-13-31-22)17-7-4-9-19(15-17)24(28,29)30/h1-4,6-9,12-15,20-21H,5,10-11H2. The Morgan fingerprint density at radius 2 is 1.22 bits per heavy atom. The number of piperidine rings is 1. The average molecular weight is 450 g/mol. The molecule has 4 rings (SSSR count). The highest BCUT2D eigenvalue weighted by Crippen LogP contribution is 2.45. The molecule has 2 unspecified atom stereocenters. The molecule has 3 aromatic rings. The molecule has 0 amide bonds. The first-order valence-corrected chi connectivity index (χ1v) is 10.2. The lowest BCUT2D eigenvalue weighted by Gasteiger charge is -2.44. The van der Waals surface area contributed by atoms with Gasteiger partial charge >= 0.3 is 12.4 Å². The Kier molecular flexibility index (Phi) is 5.88. The Morgan fingerprint density at radius 1 is 0.688 bits per heavy atom. The molecule has 2 aromatic carbocycles. The summed E-state index contributed by atoms with van der Waals surface area (Å²) in [5, 5.41) is 0. The number of rotatable bonds is 3. The molecular formula is C24H20F6N2. The fourth-order valence-corrected chi connectivity index (χ4v) is 4.32. The fraction of sp³-hybridized carbons (Fsp3) is 0.292. The molecule has 0 radical (unpaired) electrons. The van der Waals surface area contributed by atoms with Gasteiger partial charge in [0.1, 0.15) is 5.82 Å². The third-order valence-electron chi connectivity index (χ3n) is 5.74. The van der Waals surface area contributed by atoms with Gasteiger partial charge in [0.15, 0.2) is 0 Å². The quantitative estimate of drug-likeness (QED) is 0.382. The van der Waals surface area contributed by atoms with Crippen LogP contribution in [0.2, 0.25) is 0 Å². The number of hydrogen-bond donors (Lipinski definition) is 0. The fourth-order valence-electron chi connectivity index (χ4n) is 4.32. The summed E-state index contributed by atoms with van der Waals surface area (Å²) >= 11 is 0. The van der Waals surface area contributed by atoms with Crippen LogP contribution < -0.4 is 4.90 Å².